The number of hydrogen-bond acceptors (Lipinski definition) is 26. The lowest BCUT2D eigenvalue weighted by Crippen LogP contribution is -2.44. The highest BCUT2D eigenvalue weighted by Crippen LogP contribution is 2.30. The summed E-state index contributed by atoms with van der Waals surface area (Å²) < 4.78 is 85.5. The Bertz CT molecular complexity index is 5990. The first-order valence-corrected chi connectivity index (χ1v) is 45.2. The van der Waals surface area contributed by atoms with Gasteiger partial charge in [0.1, 0.15) is 54.2 Å². The van der Waals surface area contributed by atoms with Crippen molar-refractivity contribution in [3.63, 3.8) is 0 Å². The first kappa shape index (κ1) is 117. The zero-order valence-corrected chi connectivity index (χ0v) is 81.4. The lowest BCUT2D eigenvalue weighted by Gasteiger charge is -2.21. The number of nitrogens with zero attached hydrogens (tertiary/aromatic N) is 8. The Balaban J connectivity index is 0.000000303. The molecule has 5 fully saturated rings. The van der Waals surface area contributed by atoms with Gasteiger partial charge in [0.25, 0.3) is 0 Å². The number of piperidine rings is 4. The number of carbonyl (C=O) groups is 12. The molecule has 4 atom stereocenters. The molecule has 11 amide bonds. The van der Waals surface area contributed by atoms with Gasteiger partial charge in [-0.15, -0.1) is 6.42 Å². The number of rotatable bonds is 25. The first-order chi connectivity index (χ1) is 64.7. The number of alkyl halides is 3. The summed E-state index contributed by atoms with van der Waals surface area (Å²) in [6.45, 7) is 23.0. The van der Waals surface area contributed by atoms with Crippen LogP contribution < -0.4 is 71.9 Å². The maximum absolute atomic E-state index is 12.8. The van der Waals surface area contributed by atoms with Crippen LogP contribution in [-0.4, -0.2) is 224 Å². The number of imide groups is 4. The number of aromatic nitrogens is 8. The monoisotopic (exact) mass is 2020 g/mol. The van der Waals surface area contributed by atoms with Crippen LogP contribution in [0.4, 0.5) is 27.6 Å². The number of halogens is 4. The van der Waals surface area contributed by atoms with E-state index in [1.165, 1.54) is 44.8 Å². The minimum atomic E-state index is -4.64. The molecule has 4 aromatic heterocycles. The molecule has 41 nitrogen and oxygen atoms in total. The smallest absolute Gasteiger partial charge is 0.444 e. The summed E-state index contributed by atoms with van der Waals surface area (Å²) in [6.07, 6.45) is 5.81. The minimum Gasteiger partial charge on any atom is -0.444 e. The maximum atomic E-state index is 12.8. The zero-order valence-electron chi connectivity index (χ0n) is 79.9. The van der Waals surface area contributed by atoms with Crippen LogP contribution in [0.5, 0.6) is 0 Å². The van der Waals surface area contributed by atoms with Crippen LogP contribution in [0.1, 0.15) is 188 Å². The van der Waals surface area contributed by atoms with E-state index in [1.807, 2.05) is 69.3 Å². The first-order valence-electron chi connectivity index (χ1n) is 44.4. The van der Waals surface area contributed by atoms with Crippen LogP contribution in [0.15, 0.2) is 96.4 Å². The Morgan fingerprint density at radius 1 is 0.468 bits per heavy atom. The third kappa shape index (κ3) is 36.4. The summed E-state index contributed by atoms with van der Waals surface area (Å²) in [4.78, 5) is 188. The summed E-state index contributed by atoms with van der Waals surface area (Å²) in [5.74, 6) is 5.24. The third-order valence-corrected chi connectivity index (χ3v) is 21.1. The molecule has 139 heavy (non-hydrogen) atoms. The summed E-state index contributed by atoms with van der Waals surface area (Å²) in [5, 5.41) is 17.0. The molecule has 762 valence electrons. The average Bonchev–Trinajstić information content (AvgIpc) is 1.63. The van der Waals surface area contributed by atoms with E-state index in [-0.39, 0.29) is 112 Å². The molecule has 0 spiro atoms. The van der Waals surface area contributed by atoms with Gasteiger partial charge in [-0.25, -0.2) is 33.6 Å². The number of terminal acetylenes is 1. The molecule has 5 aliphatic heterocycles. The molecule has 0 bridgehead atoms. The van der Waals surface area contributed by atoms with Crippen molar-refractivity contribution in [1.29, 1.82) is 0 Å². The van der Waals surface area contributed by atoms with Crippen molar-refractivity contribution in [2.24, 2.45) is 33.9 Å². The van der Waals surface area contributed by atoms with E-state index in [9.17, 15) is 85.1 Å². The molecule has 8 aromatic rings. The molecular weight excluding hydrogens is 1890 g/mol. The van der Waals surface area contributed by atoms with Gasteiger partial charge in [0.2, 0.25) is 53.5 Å². The van der Waals surface area contributed by atoms with E-state index in [2.05, 4.69) is 70.9 Å². The van der Waals surface area contributed by atoms with Crippen LogP contribution in [0.2, 0.25) is 0 Å². The molecular formula is C94H129BrF3N17O24. The van der Waals surface area contributed by atoms with Gasteiger partial charge in [0, 0.05) is 117 Å². The van der Waals surface area contributed by atoms with Crippen molar-refractivity contribution in [3.05, 3.63) is 136 Å². The fourth-order valence-corrected chi connectivity index (χ4v) is 14.7. The number of benzene rings is 4. The molecule has 9 heterocycles. The molecule has 4 unspecified atom stereocenters. The lowest BCUT2D eigenvalue weighted by molar-refractivity contribution is -0.156. The predicted molar refractivity (Wildman–Crippen MR) is 513 cm³/mol. The predicted octanol–water partition coefficient (Wildman–Crippen LogP) is 7.81. The van der Waals surface area contributed by atoms with Crippen molar-refractivity contribution in [3.8, 4) is 24.2 Å². The van der Waals surface area contributed by atoms with Gasteiger partial charge in [-0.2, -0.15) is 13.2 Å². The average molecular weight is 2020 g/mol. The number of aryl methyl sites for hydroxylation is 6. The maximum Gasteiger partial charge on any atom is 0.446 e. The number of imidazole rings is 4. The topological polar surface area (TPSA) is 532 Å². The highest BCUT2D eigenvalue weighted by Gasteiger charge is 2.36. The van der Waals surface area contributed by atoms with Crippen molar-refractivity contribution < 1.29 is 109 Å². The van der Waals surface area contributed by atoms with E-state index in [4.69, 9.17) is 54.8 Å². The number of nitrogens with one attached hydrogen (secondary N) is 7. The Hall–Kier alpha value is -12.9. The number of nitrogens with two attached hydrogens (primary N) is 1. The molecule has 0 aliphatic carbocycles. The Labute approximate surface area is 809 Å². The number of alkyl carbamates (subject to hydrolysis) is 3. The van der Waals surface area contributed by atoms with Crippen LogP contribution >= 0.6 is 15.9 Å². The van der Waals surface area contributed by atoms with Gasteiger partial charge in [-0.05, 0) is 198 Å². The molecule has 13 rings (SSSR count). The Kier molecular flexibility index (Phi) is 46.2. The van der Waals surface area contributed by atoms with Crippen LogP contribution in [-0.2, 0) is 122 Å². The highest BCUT2D eigenvalue weighted by molar-refractivity contribution is 9.10. The number of amides is 11. The van der Waals surface area contributed by atoms with E-state index in [1.54, 1.807) is 98.6 Å². The van der Waals surface area contributed by atoms with Crippen molar-refractivity contribution >= 4 is 132 Å². The standard InChI is InChI=1S/C23H32N4O6.C23H28N4O6.C18H24N4O4.C13H12BrN3O3.C10H17NO3.C4H8O.C2HF3O.CH4.H3N/c2*1-23(2,3)33-21(30)24-11-13-32-12-5-6-15-7-8-16-18(14-15)26(4)22(31)27(16)17-9-10-19(28)25-20(17)29;1-21-15-11-12(3-2-9-26-10-8-19)4-5-13(15)22(18(21)25)14-6-7-16(23)20-17(14)24;1-16-10-6-7(14)2-3-8(10)17(13(16)20)9-4-5-11(18)15-12(9)19;1-5-7-13-8-6-11-9(12)14-10(2,3)4;1-2-4-5-3-1;3-2(4,5)1-6;;/h7-8,14,17H,5-6,9-13H2,1-4H3,(H,24,30)(H,25,28,29);7-8,14,17H,9-13H2,1-4H3,(H,24,30)(H,25,28,29);4-5,11,14H,2-3,6-10,19H2,1H3,(H,20,23,24);2-3,6,9H,4-5H2,1H3,(H,15,18,19);1H,6-8H2,2-4H3,(H,11,12);1-4H2;1H;1H4;1H3. The number of aldehydes is 1. The summed E-state index contributed by atoms with van der Waals surface area (Å²) in [7, 11) is 6.67. The molecule has 4 aromatic carbocycles. The van der Waals surface area contributed by atoms with E-state index >= 15 is 0 Å². The minimum absolute atomic E-state index is 0. The summed E-state index contributed by atoms with van der Waals surface area (Å²) in [5.41, 5.74) is 11.1. The largest absolute Gasteiger partial charge is 0.446 e. The lowest BCUT2D eigenvalue weighted by atomic mass is 10.1. The summed E-state index contributed by atoms with van der Waals surface area (Å²) in [6, 6.07) is 19.6. The second-order valence-corrected chi connectivity index (χ2v) is 35.7. The molecule has 0 saturated carbocycles. The zero-order chi connectivity index (χ0) is 101. The molecule has 5 aliphatic rings. The number of fused-ring (bicyclic) bond motifs is 4. The van der Waals surface area contributed by atoms with Gasteiger partial charge < -0.3 is 65.7 Å². The van der Waals surface area contributed by atoms with Crippen LogP contribution in [0, 0.1) is 24.2 Å². The number of carbonyl (C=O) groups excluding carboxylic acids is 12. The molecule has 45 heteroatoms. The fraction of sp³-hybridized carbons (Fsp3) is 0.532. The normalized spacial score (nSPS) is 16.3. The van der Waals surface area contributed by atoms with Gasteiger partial charge >= 0.3 is 47.2 Å². The second-order valence-electron chi connectivity index (χ2n) is 34.8. The van der Waals surface area contributed by atoms with Gasteiger partial charge in [0.15, 0.2) is 0 Å². The summed E-state index contributed by atoms with van der Waals surface area (Å²) >= 11 is 3.37. The van der Waals surface area contributed by atoms with E-state index < -0.39 is 95.3 Å². The molecule has 5 saturated heterocycles. The third-order valence-electron chi connectivity index (χ3n) is 20.6. The highest BCUT2D eigenvalue weighted by atomic mass is 79.9. The SMILES string of the molecule is C.C#CCOCCNC(=O)OC(C)(C)C.C1CCOC1.Cn1c(=O)n(C2CCC(=O)NC2=O)c2ccc(Br)cc21.Cn1c(=O)n(C2CCC(=O)NC2=O)c2ccc(C#CCOCCNC(=O)OC(C)(C)C)cc21.Cn1c(=O)n(C2CCC(=O)NC2=O)c2ccc(CCCOCCN)cc21.Cn1c(=O)n(C2CCC(=O)NC2=O)c2ccc(CCCOCCNC(=O)OC(C)(C)C)cc21.N.O=CC(F)(F)F. The number of hydrogen-bond donors (Lipinski definition) is 9. The molecule has 0 radical (unpaired) electrons. The van der Waals surface area contributed by atoms with Crippen molar-refractivity contribution in [2.45, 2.75) is 207 Å². The van der Waals surface area contributed by atoms with Gasteiger partial charge in [-0.1, -0.05) is 53.3 Å². The van der Waals surface area contributed by atoms with Crippen LogP contribution in [0.3, 0.4) is 0 Å². The fourth-order valence-electron chi connectivity index (χ4n) is 14.4. The van der Waals surface area contributed by atoms with Crippen molar-refractivity contribution in [2.75, 3.05) is 92.2 Å². The Morgan fingerprint density at radius 2 is 0.777 bits per heavy atom. The number of ether oxygens (including phenoxy) is 8. The van der Waals surface area contributed by atoms with E-state index in [0.717, 1.165) is 71.0 Å². The van der Waals surface area contributed by atoms with Gasteiger partial charge in [-0.3, -0.25) is 101 Å². The quantitative estimate of drug-likeness (QED) is 0.00865. The Morgan fingerprint density at radius 3 is 1.09 bits per heavy atom. The van der Waals surface area contributed by atoms with Crippen molar-refractivity contribution in [1.82, 2.24) is 79.9 Å². The molecule has 12 N–H and O–H groups in total. The van der Waals surface area contributed by atoms with E-state index in [0.29, 0.717) is 112 Å². The second kappa shape index (κ2) is 55.0. The van der Waals surface area contributed by atoms with Crippen LogP contribution in [0.25, 0.3) is 44.1 Å². The van der Waals surface area contributed by atoms with Gasteiger partial charge in [0.05, 0.1) is 70.6 Å².